The van der Waals surface area contributed by atoms with Crippen molar-refractivity contribution < 1.29 is 26.4 Å². The van der Waals surface area contributed by atoms with Gasteiger partial charge in [0.2, 0.25) is 10.0 Å². The molecule has 11 heteroatoms. The van der Waals surface area contributed by atoms with Crippen LogP contribution in [0, 0.1) is 0 Å². The number of aromatic nitrogens is 2. The van der Waals surface area contributed by atoms with Gasteiger partial charge >= 0.3 is 6.18 Å². The van der Waals surface area contributed by atoms with Gasteiger partial charge in [-0.3, -0.25) is 4.79 Å². The van der Waals surface area contributed by atoms with Crippen LogP contribution in [0.3, 0.4) is 0 Å². The van der Waals surface area contributed by atoms with Crippen molar-refractivity contribution >= 4 is 21.4 Å². The molecule has 4 rings (SSSR count). The van der Waals surface area contributed by atoms with Crippen LogP contribution in [-0.2, 0) is 16.2 Å². The molecule has 0 radical (unpaired) electrons. The highest BCUT2D eigenvalue weighted by Crippen LogP contribution is 2.36. The number of fused-ring (bicyclic) bond motifs is 1. The molecule has 2 aliphatic heterocycles. The summed E-state index contributed by atoms with van der Waals surface area (Å²) in [7, 11) is -3.27. The number of rotatable bonds is 3. The minimum Gasteiger partial charge on any atom is -0.339 e. The first-order valence-corrected chi connectivity index (χ1v) is 12.2. The Kier molecular flexibility index (Phi) is 5.76. The van der Waals surface area contributed by atoms with Gasteiger partial charge in [0, 0.05) is 32.4 Å². The number of pyridine rings is 1. The molecule has 0 atom stereocenters. The Labute approximate surface area is 178 Å². The topological polar surface area (TPSA) is 75.0 Å². The summed E-state index contributed by atoms with van der Waals surface area (Å²) < 4.78 is 67.1. The normalized spacial score (nSPS) is 19.8. The number of likely N-dealkylation sites (tertiary alicyclic amines) is 1. The van der Waals surface area contributed by atoms with E-state index in [1.807, 2.05) is 0 Å². The van der Waals surface area contributed by atoms with Crippen molar-refractivity contribution in [1.82, 2.24) is 18.8 Å². The lowest BCUT2D eigenvalue weighted by Crippen LogP contribution is -2.37. The standard InChI is InChI=1S/C20H25F3N4O3S/c1-31(29,30)26-10-5-14(6-11-26)15-7-12-27-16(13-15)17(18(24-27)20(21,22)23)19(28)25-8-3-2-4-9-25/h7,12-14H,2-6,8-11H2,1H3. The van der Waals surface area contributed by atoms with E-state index in [9.17, 15) is 26.4 Å². The average molecular weight is 459 g/mol. The second-order valence-electron chi connectivity index (χ2n) is 8.30. The molecular formula is C20H25F3N4O3S. The third-order valence-electron chi connectivity index (χ3n) is 6.18. The van der Waals surface area contributed by atoms with Crippen LogP contribution in [0.5, 0.6) is 0 Å². The van der Waals surface area contributed by atoms with Gasteiger partial charge in [-0.25, -0.2) is 17.2 Å². The van der Waals surface area contributed by atoms with E-state index < -0.39 is 33.4 Å². The zero-order valence-electron chi connectivity index (χ0n) is 17.2. The fourth-order valence-corrected chi connectivity index (χ4v) is 5.38. The molecule has 2 saturated heterocycles. The van der Waals surface area contributed by atoms with Crippen LogP contribution in [0.25, 0.3) is 5.52 Å². The number of carbonyl (C=O) groups is 1. The van der Waals surface area contributed by atoms with Gasteiger partial charge in [0.1, 0.15) is 0 Å². The highest BCUT2D eigenvalue weighted by atomic mass is 32.2. The smallest absolute Gasteiger partial charge is 0.339 e. The molecule has 170 valence electrons. The van der Waals surface area contributed by atoms with Crippen LogP contribution in [0.15, 0.2) is 18.3 Å². The van der Waals surface area contributed by atoms with Gasteiger partial charge in [0.25, 0.3) is 5.91 Å². The summed E-state index contributed by atoms with van der Waals surface area (Å²) in [5, 5.41) is 3.69. The molecule has 0 N–H and O–H groups in total. The van der Waals surface area contributed by atoms with Crippen LogP contribution in [0.1, 0.15) is 59.6 Å². The molecule has 0 aliphatic carbocycles. The van der Waals surface area contributed by atoms with Crippen molar-refractivity contribution in [3.63, 3.8) is 0 Å². The van der Waals surface area contributed by atoms with Crippen LogP contribution in [0.2, 0.25) is 0 Å². The molecule has 7 nitrogen and oxygen atoms in total. The second-order valence-corrected chi connectivity index (χ2v) is 10.3. The SMILES string of the molecule is CS(=O)(=O)N1CCC(c2ccn3nc(C(F)(F)F)c(C(=O)N4CCCCC4)c3c2)CC1. The van der Waals surface area contributed by atoms with Crippen molar-refractivity contribution in [2.24, 2.45) is 0 Å². The number of amides is 1. The van der Waals surface area contributed by atoms with E-state index in [-0.39, 0.29) is 11.4 Å². The monoisotopic (exact) mass is 458 g/mol. The number of carbonyl (C=O) groups excluding carboxylic acids is 1. The predicted octanol–water partition coefficient (Wildman–Crippen LogP) is 3.12. The number of hydrogen-bond donors (Lipinski definition) is 0. The molecule has 0 bridgehead atoms. The fraction of sp³-hybridized carbons (Fsp3) is 0.600. The Bertz CT molecular complexity index is 1080. The second kappa shape index (κ2) is 8.09. The van der Waals surface area contributed by atoms with Crippen molar-refractivity contribution in [2.45, 2.75) is 44.2 Å². The van der Waals surface area contributed by atoms with E-state index in [4.69, 9.17) is 0 Å². The van der Waals surface area contributed by atoms with Gasteiger partial charge in [-0.15, -0.1) is 0 Å². The van der Waals surface area contributed by atoms with Gasteiger partial charge in [-0.05, 0) is 55.7 Å². The third kappa shape index (κ3) is 4.43. The minimum absolute atomic E-state index is 0.00479. The van der Waals surface area contributed by atoms with Crippen molar-refractivity contribution in [2.75, 3.05) is 32.4 Å². The Morgan fingerprint density at radius 2 is 1.74 bits per heavy atom. The van der Waals surface area contributed by atoms with Gasteiger partial charge in [-0.2, -0.15) is 18.3 Å². The fourth-order valence-electron chi connectivity index (χ4n) is 4.50. The Hall–Kier alpha value is -2.14. The highest BCUT2D eigenvalue weighted by Gasteiger charge is 2.41. The molecule has 0 aromatic carbocycles. The van der Waals surface area contributed by atoms with Gasteiger partial charge < -0.3 is 4.90 Å². The lowest BCUT2D eigenvalue weighted by atomic mass is 9.90. The van der Waals surface area contributed by atoms with E-state index in [1.54, 1.807) is 12.1 Å². The number of hydrogen-bond acceptors (Lipinski definition) is 4. The first kappa shape index (κ1) is 22.1. The minimum atomic E-state index is -4.74. The third-order valence-corrected chi connectivity index (χ3v) is 7.48. The number of piperidine rings is 2. The maximum Gasteiger partial charge on any atom is 0.436 e. The number of alkyl halides is 3. The lowest BCUT2D eigenvalue weighted by molar-refractivity contribution is -0.141. The summed E-state index contributed by atoms with van der Waals surface area (Å²) in [4.78, 5) is 14.6. The molecule has 2 aromatic heterocycles. The summed E-state index contributed by atoms with van der Waals surface area (Å²) in [6.07, 6.45) is 1.53. The molecule has 31 heavy (non-hydrogen) atoms. The molecule has 4 heterocycles. The van der Waals surface area contributed by atoms with Crippen LogP contribution >= 0.6 is 0 Å². The van der Waals surface area contributed by atoms with Gasteiger partial charge in [0.05, 0.1) is 17.3 Å². The van der Waals surface area contributed by atoms with E-state index >= 15 is 0 Å². The Balaban J connectivity index is 1.71. The molecule has 0 spiro atoms. The summed E-state index contributed by atoms with van der Waals surface area (Å²) in [5.74, 6) is -0.628. The molecule has 0 saturated carbocycles. The number of halogens is 3. The van der Waals surface area contributed by atoms with Gasteiger partial charge in [-0.1, -0.05) is 0 Å². The molecule has 1 amide bonds. The van der Waals surface area contributed by atoms with Crippen LogP contribution in [-0.4, -0.2) is 65.6 Å². The molecular weight excluding hydrogens is 433 g/mol. The van der Waals surface area contributed by atoms with Crippen LogP contribution < -0.4 is 0 Å². The zero-order valence-corrected chi connectivity index (χ0v) is 18.0. The first-order valence-electron chi connectivity index (χ1n) is 10.4. The maximum atomic E-state index is 13.7. The summed E-state index contributed by atoms with van der Waals surface area (Å²) in [5.41, 5.74) is -0.621. The van der Waals surface area contributed by atoms with Crippen LogP contribution in [0.4, 0.5) is 13.2 Å². The average Bonchev–Trinajstić information content (AvgIpc) is 3.12. The van der Waals surface area contributed by atoms with Crippen molar-refractivity contribution in [3.05, 3.63) is 35.2 Å². The quantitative estimate of drug-likeness (QED) is 0.708. The zero-order chi connectivity index (χ0) is 22.4. The van der Waals surface area contributed by atoms with E-state index in [2.05, 4.69) is 5.10 Å². The molecule has 2 aromatic rings. The van der Waals surface area contributed by atoms with E-state index in [0.29, 0.717) is 39.0 Å². The first-order chi connectivity index (χ1) is 14.6. The van der Waals surface area contributed by atoms with Crippen molar-refractivity contribution in [1.29, 1.82) is 0 Å². The molecule has 0 unspecified atom stereocenters. The Morgan fingerprint density at radius 1 is 1.10 bits per heavy atom. The summed E-state index contributed by atoms with van der Waals surface area (Å²) in [6, 6.07) is 3.32. The molecule has 2 fully saturated rings. The number of nitrogens with zero attached hydrogens (tertiary/aromatic N) is 4. The van der Waals surface area contributed by atoms with E-state index in [0.717, 1.165) is 29.3 Å². The number of sulfonamides is 1. The highest BCUT2D eigenvalue weighted by molar-refractivity contribution is 7.88. The maximum absolute atomic E-state index is 13.7. The summed E-state index contributed by atoms with van der Waals surface area (Å²) >= 11 is 0. The summed E-state index contributed by atoms with van der Waals surface area (Å²) in [6.45, 7) is 1.61. The largest absolute Gasteiger partial charge is 0.436 e. The predicted molar refractivity (Wildman–Crippen MR) is 108 cm³/mol. The van der Waals surface area contributed by atoms with Crippen molar-refractivity contribution in [3.8, 4) is 0 Å². The lowest BCUT2D eigenvalue weighted by Gasteiger charge is -2.30. The molecule has 2 aliphatic rings. The van der Waals surface area contributed by atoms with E-state index in [1.165, 1.54) is 21.7 Å². The van der Waals surface area contributed by atoms with Gasteiger partial charge in [0.15, 0.2) is 5.69 Å². The Morgan fingerprint density at radius 3 is 2.32 bits per heavy atom.